The molecule has 2 aromatic heterocycles. The average Bonchev–Trinajstić information content (AvgIpc) is 3.46. The summed E-state index contributed by atoms with van der Waals surface area (Å²) in [5, 5.41) is -0.0902. The number of fused-ring (bicyclic) bond motifs is 2. The van der Waals surface area contributed by atoms with Crippen molar-refractivity contribution >= 4 is 28.6 Å². The van der Waals surface area contributed by atoms with E-state index >= 15 is 0 Å². The van der Waals surface area contributed by atoms with Gasteiger partial charge in [-0.2, -0.15) is 9.97 Å². The van der Waals surface area contributed by atoms with E-state index in [4.69, 9.17) is 25.8 Å². The summed E-state index contributed by atoms with van der Waals surface area (Å²) in [6, 6.07) is -0.401. The van der Waals surface area contributed by atoms with E-state index in [1.54, 1.807) is 4.90 Å². The van der Waals surface area contributed by atoms with E-state index < -0.39 is 35.3 Å². The standard InChI is InChI=1S/C25H32ClF2N5O4/c1-14-17(6-9-33(14)23(34)37-24(2,3)4)36-21-16-11-29-20(26)18(28)19(16)30-22(31-21)35-13-25-7-5-8-32(25)12-15(27)10-25/h11,14-15,17H,5-10,12-13H2,1-4H3/t14-,15-,17-,25+/m1/s1. The molecule has 3 aliphatic rings. The SMILES string of the molecule is C[C@@H]1[C@H](Oc2nc(OC[C@@]34CCCN3C[C@H](F)C4)nc3c(F)c(Cl)ncc23)CCN1C(=O)OC(C)(C)C. The number of hydrogen-bond donors (Lipinski definition) is 0. The number of aromatic nitrogens is 3. The summed E-state index contributed by atoms with van der Waals surface area (Å²) < 4.78 is 46.8. The van der Waals surface area contributed by atoms with Crippen molar-refractivity contribution in [1.82, 2.24) is 24.8 Å². The lowest BCUT2D eigenvalue weighted by Gasteiger charge is -2.31. The van der Waals surface area contributed by atoms with Gasteiger partial charge in [0, 0.05) is 32.1 Å². The number of ether oxygens (including phenoxy) is 3. The number of halogens is 3. The first-order valence-corrected chi connectivity index (χ1v) is 13.0. The van der Waals surface area contributed by atoms with Gasteiger partial charge in [-0.25, -0.2) is 18.6 Å². The molecule has 0 spiro atoms. The molecule has 202 valence electrons. The van der Waals surface area contributed by atoms with Crippen LogP contribution in [0.3, 0.4) is 0 Å². The Bertz CT molecular complexity index is 1200. The number of likely N-dealkylation sites (tertiary alicyclic amines) is 1. The second-order valence-electron chi connectivity index (χ2n) is 11.2. The van der Waals surface area contributed by atoms with Crippen LogP contribution >= 0.6 is 11.6 Å². The van der Waals surface area contributed by atoms with E-state index in [0.717, 1.165) is 19.4 Å². The molecular formula is C25H32ClF2N5O4. The van der Waals surface area contributed by atoms with Crippen molar-refractivity contribution in [2.24, 2.45) is 0 Å². The number of amides is 1. The molecule has 4 atom stereocenters. The van der Waals surface area contributed by atoms with Crippen molar-refractivity contribution < 1.29 is 27.8 Å². The topological polar surface area (TPSA) is 89.9 Å². The zero-order chi connectivity index (χ0) is 26.5. The second kappa shape index (κ2) is 9.65. The van der Waals surface area contributed by atoms with Gasteiger partial charge in [-0.05, 0) is 47.1 Å². The fraction of sp³-hybridized carbons (Fsp3) is 0.680. The Hall–Kier alpha value is -2.53. The van der Waals surface area contributed by atoms with Crippen LogP contribution in [0.2, 0.25) is 5.15 Å². The van der Waals surface area contributed by atoms with Crippen LogP contribution in [0.25, 0.3) is 10.9 Å². The van der Waals surface area contributed by atoms with Gasteiger partial charge < -0.3 is 19.1 Å². The lowest BCUT2D eigenvalue weighted by molar-refractivity contribution is 0.0190. The summed E-state index contributed by atoms with van der Waals surface area (Å²) in [5.74, 6) is -0.724. The highest BCUT2D eigenvalue weighted by Gasteiger charge is 2.49. The normalized spacial score (nSPS) is 28.1. The summed E-state index contributed by atoms with van der Waals surface area (Å²) in [6.07, 6.45) is 2.29. The third-order valence-electron chi connectivity index (χ3n) is 7.39. The van der Waals surface area contributed by atoms with Crippen LogP contribution in [0.1, 0.15) is 53.4 Å². The zero-order valence-corrected chi connectivity index (χ0v) is 22.2. The van der Waals surface area contributed by atoms with E-state index in [1.807, 2.05) is 27.7 Å². The highest BCUT2D eigenvalue weighted by atomic mass is 35.5. The van der Waals surface area contributed by atoms with Crippen LogP contribution in [0.5, 0.6) is 11.9 Å². The van der Waals surface area contributed by atoms with E-state index in [1.165, 1.54) is 6.20 Å². The molecule has 37 heavy (non-hydrogen) atoms. The van der Waals surface area contributed by atoms with Crippen LogP contribution < -0.4 is 9.47 Å². The molecule has 0 aliphatic carbocycles. The molecule has 1 amide bonds. The summed E-state index contributed by atoms with van der Waals surface area (Å²) in [5.41, 5.74) is -1.12. The van der Waals surface area contributed by atoms with Crippen molar-refractivity contribution in [3.05, 3.63) is 17.2 Å². The van der Waals surface area contributed by atoms with Gasteiger partial charge >= 0.3 is 12.1 Å². The third-order valence-corrected chi connectivity index (χ3v) is 7.66. The highest BCUT2D eigenvalue weighted by Crippen LogP contribution is 2.40. The minimum atomic E-state index is -0.903. The van der Waals surface area contributed by atoms with Gasteiger partial charge in [0.25, 0.3) is 0 Å². The lowest BCUT2D eigenvalue weighted by atomic mass is 9.95. The summed E-state index contributed by atoms with van der Waals surface area (Å²) in [7, 11) is 0. The molecular weight excluding hydrogens is 508 g/mol. The smallest absolute Gasteiger partial charge is 0.410 e. The molecule has 0 bridgehead atoms. The minimum absolute atomic E-state index is 0.0785. The van der Waals surface area contributed by atoms with Gasteiger partial charge in [-0.3, -0.25) is 4.90 Å². The number of pyridine rings is 1. The van der Waals surface area contributed by atoms with Gasteiger partial charge in [-0.15, -0.1) is 0 Å². The predicted molar refractivity (Wildman–Crippen MR) is 132 cm³/mol. The Morgan fingerprint density at radius 3 is 2.84 bits per heavy atom. The van der Waals surface area contributed by atoms with Crippen molar-refractivity contribution in [2.45, 2.75) is 82.8 Å². The minimum Gasteiger partial charge on any atom is -0.471 e. The Kier molecular flexibility index (Phi) is 6.81. The lowest BCUT2D eigenvalue weighted by Crippen LogP contribution is -2.43. The molecule has 3 aliphatic heterocycles. The molecule has 0 unspecified atom stereocenters. The van der Waals surface area contributed by atoms with Crippen LogP contribution in [-0.2, 0) is 4.74 Å². The van der Waals surface area contributed by atoms with Crippen molar-refractivity contribution in [3.8, 4) is 11.9 Å². The van der Waals surface area contributed by atoms with E-state index in [-0.39, 0.29) is 40.6 Å². The van der Waals surface area contributed by atoms with Gasteiger partial charge in [0.15, 0.2) is 11.0 Å². The summed E-state index contributed by atoms with van der Waals surface area (Å²) >= 11 is 5.93. The number of carbonyl (C=O) groups excluding carboxylic acids is 1. The highest BCUT2D eigenvalue weighted by molar-refractivity contribution is 6.30. The molecule has 5 heterocycles. The Balaban J connectivity index is 1.39. The molecule has 0 aromatic carbocycles. The van der Waals surface area contributed by atoms with E-state index in [0.29, 0.717) is 25.9 Å². The predicted octanol–water partition coefficient (Wildman–Crippen LogP) is 4.55. The molecule has 9 nitrogen and oxygen atoms in total. The molecule has 3 fully saturated rings. The Morgan fingerprint density at radius 2 is 2.08 bits per heavy atom. The fourth-order valence-corrected chi connectivity index (χ4v) is 5.72. The molecule has 2 aromatic rings. The van der Waals surface area contributed by atoms with Crippen LogP contribution in [0.15, 0.2) is 6.20 Å². The van der Waals surface area contributed by atoms with Gasteiger partial charge in [0.1, 0.15) is 30.0 Å². The van der Waals surface area contributed by atoms with Crippen molar-refractivity contribution in [3.63, 3.8) is 0 Å². The quantitative estimate of drug-likeness (QED) is 0.511. The first-order chi connectivity index (χ1) is 17.5. The summed E-state index contributed by atoms with van der Waals surface area (Å²) in [6.45, 7) is 9.12. The first-order valence-electron chi connectivity index (χ1n) is 12.7. The number of alkyl halides is 1. The number of rotatable bonds is 5. The number of nitrogens with zero attached hydrogens (tertiary/aromatic N) is 5. The van der Waals surface area contributed by atoms with E-state index in [9.17, 15) is 13.6 Å². The third kappa shape index (κ3) is 5.12. The molecule has 0 radical (unpaired) electrons. The maximum absolute atomic E-state index is 15.0. The fourth-order valence-electron chi connectivity index (χ4n) is 5.58. The van der Waals surface area contributed by atoms with Gasteiger partial charge in [-0.1, -0.05) is 11.6 Å². The molecule has 0 N–H and O–H groups in total. The first kappa shape index (κ1) is 26.1. The number of carbonyl (C=O) groups is 1. The van der Waals surface area contributed by atoms with Crippen molar-refractivity contribution in [2.75, 3.05) is 26.2 Å². The largest absolute Gasteiger partial charge is 0.471 e. The summed E-state index contributed by atoms with van der Waals surface area (Å²) in [4.78, 5) is 28.9. The Morgan fingerprint density at radius 1 is 1.30 bits per heavy atom. The van der Waals surface area contributed by atoms with Crippen LogP contribution in [0, 0.1) is 5.82 Å². The van der Waals surface area contributed by atoms with Gasteiger partial charge in [0.2, 0.25) is 5.88 Å². The second-order valence-corrected chi connectivity index (χ2v) is 11.5. The van der Waals surface area contributed by atoms with E-state index in [2.05, 4.69) is 19.9 Å². The monoisotopic (exact) mass is 539 g/mol. The average molecular weight is 540 g/mol. The molecule has 3 saturated heterocycles. The van der Waals surface area contributed by atoms with Crippen molar-refractivity contribution in [1.29, 1.82) is 0 Å². The zero-order valence-electron chi connectivity index (χ0n) is 21.5. The molecule has 5 rings (SSSR count). The molecule has 0 saturated carbocycles. The van der Waals surface area contributed by atoms with Gasteiger partial charge in [0.05, 0.1) is 17.0 Å². The number of hydrogen-bond acceptors (Lipinski definition) is 8. The van der Waals surface area contributed by atoms with Crippen LogP contribution in [-0.4, -0.2) is 86.5 Å². The Labute approximate surface area is 219 Å². The van der Waals surface area contributed by atoms with Crippen LogP contribution in [0.4, 0.5) is 13.6 Å². The molecule has 12 heteroatoms. The maximum atomic E-state index is 15.0. The maximum Gasteiger partial charge on any atom is 0.410 e.